The maximum absolute atomic E-state index is 11.2. The highest BCUT2D eigenvalue weighted by molar-refractivity contribution is 5.77. The van der Waals surface area contributed by atoms with E-state index < -0.39 is 0 Å². The summed E-state index contributed by atoms with van der Waals surface area (Å²) in [4.78, 5) is 11.2. The first-order valence-electron chi connectivity index (χ1n) is 6.55. The first-order valence-corrected chi connectivity index (χ1v) is 6.55. The SMILES string of the molecule is CCOCC(=O)NCCCCCNC(C)(C)C. The standard InChI is InChI=1S/C13H28N2O2/c1-5-17-11-12(16)14-9-7-6-8-10-15-13(2,3)4/h15H,5-11H2,1-4H3,(H,14,16). The van der Waals surface area contributed by atoms with Crippen molar-refractivity contribution < 1.29 is 9.53 Å². The molecule has 0 aliphatic rings. The van der Waals surface area contributed by atoms with Gasteiger partial charge in [-0.25, -0.2) is 0 Å². The third-order valence-electron chi connectivity index (χ3n) is 2.27. The lowest BCUT2D eigenvalue weighted by molar-refractivity contribution is -0.125. The van der Waals surface area contributed by atoms with Crippen molar-refractivity contribution in [3.63, 3.8) is 0 Å². The topological polar surface area (TPSA) is 50.4 Å². The van der Waals surface area contributed by atoms with E-state index in [9.17, 15) is 4.79 Å². The van der Waals surface area contributed by atoms with E-state index in [0.29, 0.717) is 6.61 Å². The predicted molar refractivity (Wildman–Crippen MR) is 71.1 cm³/mol. The monoisotopic (exact) mass is 244 g/mol. The third-order valence-corrected chi connectivity index (χ3v) is 2.27. The molecule has 0 aliphatic heterocycles. The van der Waals surface area contributed by atoms with Gasteiger partial charge >= 0.3 is 0 Å². The molecule has 0 atom stereocenters. The van der Waals surface area contributed by atoms with Crippen molar-refractivity contribution in [3.05, 3.63) is 0 Å². The minimum Gasteiger partial charge on any atom is -0.372 e. The van der Waals surface area contributed by atoms with Gasteiger partial charge in [-0.05, 0) is 47.1 Å². The molecule has 0 aromatic rings. The lowest BCUT2D eigenvalue weighted by Crippen LogP contribution is -2.36. The van der Waals surface area contributed by atoms with Crippen molar-refractivity contribution in [2.45, 2.75) is 52.5 Å². The molecule has 0 unspecified atom stereocenters. The van der Waals surface area contributed by atoms with Crippen LogP contribution in [0.2, 0.25) is 0 Å². The molecule has 1 amide bonds. The second-order valence-electron chi connectivity index (χ2n) is 5.22. The van der Waals surface area contributed by atoms with E-state index in [-0.39, 0.29) is 18.1 Å². The molecule has 0 fully saturated rings. The second-order valence-corrected chi connectivity index (χ2v) is 5.22. The first-order chi connectivity index (χ1) is 7.95. The molecule has 0 aliphatic carbocycles. The number of carbonyl (C=O) groups is 1. The van der Waals surface area contributed by atoms with Crippen LogP contribution < -0.4 is 10.6 Å². The minimum atomic E-state index is -0.0142. The van der Waals surface area contributed by atoms with Gasteiger partial charge in [0.15, 0.2) is 0 Å². The summed E-state index contributed by atoms with van der Waals surface area (Å²) >= 11 is 0. The lowest BCUT2D eigenvalue weighted by Gasteiger charge is -2.20. The molecule has 102 valence electrons. The van der Waals surface area contributed by atoms with Crippen LogP contribution in [0.15, 0.2) is 0 Å². The zero-order chi connectivity index (χ0) is 13.1. The van der Waals surface area contributed by atoms with Gasteiger partial charge in [-0.15, -0.1) is 0 Å². The smallest absolute Gasteiger partial charge is 0.245 e. The molecule has 0 spiro atoms. The quantitative estimate of drug-likeness (QED) is 0.607. The second kappa shape index (κ2) is 9.42. The van der Waals surface area contributed by atoms with E-state index in [1.54, 1.807) is 0 Å². The highest BCUT2D eigenvalue weighted by atomic mass is 16.5. The molecule has 0 saturated carbocycles. The molecule has 17 heavy (non-hydrogen) atoms. The van der Waals surface area contributed by atoms with E-state index in [1.165, 1.54) is 0 Å². The van der Waals surface area contributed by atoms with Crippen LogP contribution in [0.5, 0.6) is 0 Å². The number of nitrogens with one attached hydrogen (secondary N) is 2. The Kier molecular flexibility index (Phi) is 9.09. The fourth-order valence-corrected chi connectivity index (χ4v) is 1.36. The Morgan fingerprint density at radius 1 is 1.12 bits per heavy atom. The number of amides is 1. The first kappa shape index (κ1) is 16.4. The molecule has 2 N–H and O–H groups in total. The summed E-state index contributed by atoms with van der Waals surface area (Å²) in [7, 11) is 0. The van der Waals surface area contributed by atoms with Crippen molar-refractivity contribution >= 4 is 5.91 Å². The van der Waals surface area contributed by atoms with Crippen LogP contribution in [-0.2, 0) is 9.53 Å². The van der Waals surface area contributed by atoms with Crippen molar-refractivity contribution in [2.75, 3.05) is 26.3 Å². The molecule has 4 nitrogen and oxygen atoms in total. The minimum absolute atomic E-state index is 0.0142. The van der Waals surface area contributed by atoms with Crippen molar-refractivity contribution in [1.82, 2.24) is 10.6 Å². The van der Waals surface area contributed by atoms with Gasteiger partial charge in [0.25, 0.3) is 0 Å². The largest absolute Gasteiger partial charge is 0.372 e. The lowest BCUT2D eigenvalue weighted by atomic mass is 10.1. The average Bonchev–Trinajstić information content (AvgIpc) is 2.23. The van der Waals surface area contributed by atoms with Crippen LogP contribution in [-0.4, -0.2) is 37.7 Å². The van der Waals surface area contributed by atoms with E-state index in [0.717, 1.165) is 32.4 Å². The van der Waals surface area contributed by atoms with Crippen LogP contribution >= 0.6 is 0 Å². The Hall–Kier alpha value is -0.610. The summed E-state index contributed by atoms with van der Waals surface area (Å²) in [6.45, 7) is 10.9. The van der Waals surface area contributed by atoms with Gasteiger partial charge in [-0.1, -0.05) is 6.42 Å². The fraction of sp³-hybridized carbons (Fsp3) is 0.923. The van der Waals surface area contributed by atoms with E-state index in [2.05, 4.69) is 31.4 Å². The third kappa shape index (κ3) is 13.3. The normalized spacial score (nSPS) is 11.5. The summed E-state index contributed by atoms with van der Waals surface area (Å²) in [5.41, 5.74) is 0.200. The number of ether oxygens (including phenoxy) is 1. The molecule has 0 heterocycles. The highest BCUT2D eigenvalue weighted by Crippen LogP contribution is 2.00. The van der Waals surface area contributed by atoms with Crippen LogP contribution in [0.3, 0.4) is 0 Å². The van der Waals surface area contributed by atoms with Gasteiger partial charge in [0.1, 0.15) is 6.61 Å². The fourth-order valence-electron chi connectivity index (χ4n) is 1.36. The van der Waals surface area contributed by atoms with Gasteiger partial charge < -0.3 is 15.4 Å². The zero-order valence-electron chi connectivity index (χ0n) is 11.8. The Labute approximate surface area is 105 Å². The Bertz CT molecular complexity index is 200. The van der Waals surface area contributed by atoms with Crippen LogP contribution in [0, 0.1) is 0 Å². The van der Waals surface area contributed by atoms with Crippen LogP contribution in [0.1, 0.15) is 47.0 Å². The number of hydrogen-bond donors (Lipinski definition) is 2. The maximum atomic E-state index is 11.2. The molecular formula is C13H28N2O2. The molecule has 0 aromatic heterocycles. The van der Waals surface area contributed by atoms with Gasteiger partial charge in [-0.2, -0.15) is 0 Å². The molecule has 0 aromatic carbocycles. The molecule has 4 heteroatoms. The number of rotatable bonds is 9. The van der Waals surface area contributed by atoms with Crippen molar-refractivity contribution in [1.29, 1.82) is 0 Å². The Morgan fingerprint density at radius 3 is 2.35 bits per heavy atom. The summed E-state index contributed by atoms with van der Waals surface area (Å²) in [5, 5.41) is 6.28. The van der Waals surface area contributed by atoms with Crippen molar-refractivity contribution in [3.8, 4) is 0 Å². The summed E-state index contributed by atoms with van der Waals surface area (Å²) in [6, 6.07) is 0. The van der Waals surface area contributed by atoms with Crippen molar-refractivity contribution in [2.24, 2.45) is 0 Å². The van der Waals surface area contributed by atoms with Crippen LogP contribution in [0.25, 0.3) is 0 Å². The maximum Gasteiger partial charge on any atom is 0.245 e. The average molecular weight is 244 g/mol. The molecule has 0 radical (unpaired) electrons. The Morgan fingerprint density at radius 2 is 1.76 bits per heavy atom. The summed E-state index contributed by atoms with van der Waals surface area (Å²) in [5.74, 6) is -0.0142. The van der Waals surface area contributed by atoms with E-state index in [1.807, 2.05) is 6.92 Å². The number of hydrogen-bond acceptors (Lipinski definition) is 3. The zero-order valence-corrected chi connectivity index (χ0v) is 11.8. The molecule has 0 bridgehead atoms. The molecule has 0 saturated heterocycles. The predicted octanol–water partition coefficient (Wildman–Crippen LogP) is 1.70. The molecule has 0 rings (SSSR count). The Balaban J connectivity index is 3.21. The number of unbranched alkanes of at least 4 members (excludes halogenated alkanes) is 2. The van der Waals surface area contributed by atoms with Crippen LogP contribution in [0.4, 0.5) is 0 Å². The summed E-state index contributed by atoms with van der Waals surface area (Å²) < 4.78 is 5.01. The molecular weight excluding hydrogens is 216 g/mol. The highest BCUT2D eigenvalue weighted by Gasteiger charge is 2.06. The van der Waals surface area contributed by atoms with Gasteiger partial charge in [0.2, 0.25) is 5.91 Å². The van der Waals surface area contributed by atoms with Gasteiger partial charge in [0.05, 0.1) is 0 Å². The van der Waals surface area contributed by atoms with E-state index >= 15 is 0 Å². The van der Waals surface area contributed by atoms with Gasteiger partial charge in [-0.3, -0.25) is 4.79 Å². The van der Waals surface area contributed by atoms with Gasteiger partial charge in [0, 0.05) is 18.7 Å². The number of carbonyl (C=O) groups excluding carboxylic acids is 1. The summed E-state index contributed by atoms with van der Waals surface area (Å²) in [6.07, 6.45) is 3.32. The van der Waals surface area contributed by atoms with E-state index in [4.69, 9.17) is 4.74 Å².